The van der Waals surface area contributed by atoms with E-state index in [0.29, 0.717) is 18.7 Å². The molecule has 3 atom stereocenters. The first kappa shape index (κ1) is 15.4. The van der Waals surface area contributed by atoms with E-state index < -0.39 is 5.54 Å². The summed E-state index contributed by atoms with van der Waals surface area (Å²) < 4.78 is 5.18. The minimum Gasteiger partial charge on any atom is -0.383 e. The number of nitrogens with two attached hydrogens (primary N) is 1. The molecule has 0 bridgehead atoms. The fourth-order valence-corrected chi connectivity index (χ4v) is 2.90. The van der Waals surface area contributed by atoms with Gasteiger partial charge in [0.2, 0.25) is 5.91 Å². The van der Waals surface area contributed by atoms with E-state index in [4.69, 9.17) is 10.5 Å². The molecule has 0 aromatic heterocycles. The summed E-state index contributed by atoms with van der Waals surface area (Å²) in [6.07, 6.45) is 2.62. The van der Waals surface area contributed by atoms with Gasteiger partial charge in [-0.3, -0.25) is 9.69 Å². The van der Waals surface area contributed by atoms with Gasteiger partial charge in [0.1, 0.15) is 0 Å². The zero-order valence-corrected chi connectivity index (χ0v) is 12.0. The maximum absolute atomic E-state index is 11.7. The molecule has 0 aromatic carbocycles. The van der Waals surface area contributed by atoms with Gasteiger partial charge in [-0.1, -0.05) is 6.92 Å². The summed E-state index contributed by atoms with van der Waals surface area (Å²) in [5.41, 5.74) is 5.06. The topological polar surface area (TPSA) is 67.6 Å². The van der Waals surface area contributed by atoms with E-state index in [2.05, 4.69) is 24.2 Å². The van der Waals surface area contributed by atoms with Gasteiger partial charge in [0, 0.05) is 19.2 Å². The molecule has 0 aliphatic heterocycles. The maximum atomic E-state index is 11.7. The molecule has 1 saturated carbocycles. The first-order valence-electron chi connectivity index (χ1n) is 6.72. The monoisotopic (exact) mass is 257 g/mol. The number of carbonyl (C=O) groups excluding carboxylic acids is 1. The number of likely N-dealkylation sites (N-methyl/N-ethyl adjacent to an activating group) is 2. The quantitative estimate of drug-likeness (QED) is 0.690. The van der Waals surface area contributed by atoms with Crippen molar-refractivity contribution in [3.63, 3.8) is 0 Å². The van der Waals surface area contributed by atoms with E-state index in [9.17, 15) is 4.79 Å². The molecule has 1 aliphatic carbocycles. The van der Waals surface area contributed by atoms with Gasteiger partial charge in [-0.15, -0.1) is 0 Å². The van der Waals surface area contributed by atoms with Crippen LogP contribution in [0.4, 0.5) is 0 Å². The summed E-state index contributed by atoms with van der Waals surface area (Å²) in [4.78, 5) is 14.0. The Kier molecular flexibility index (Phi) is 5.56. The van der Waals surface area contributed by atoms with E-state index in [-0.39, 0.29) is 5.91 Å². The van der Waals surface area contributed by atoms with Gasteiger partial charge >= 0.3 is 0 Å². The van der Waals surface area contributed by atoms with Gasteiger partial charge in [-0.25, -0.2) is 0 Å². The molecule has 5 nitrogen and oxygen atoms in total. The van der Waals surface area contributed by atoms with E-state index in [1.165, 1.54) is 0 Å². The Morgan fingerprint density at radius 1 is 1.67 bits per heavy atom. The summed E-state index contributed by atoms with van der Waals surface area (Å²) in [6.45, 7) is 5.63. The molecule has 5 heteroatoms. The summed E-state index contributed by atoms with van der Waals surface area (Å²) in [7, 11) is 3.81. The summed E-state index contributed by atoms with van der Waals surface area (Å²) in [6, 6.07) is 0.743. The molecule has 3 N–H and O–H groups in total. The van der Waals surface area contributed by atoms with E-state index in [1.54, 1.807) is 7.11 Å². The van der Waals surface area contributed by atoms with E-state index in [1.807, 2.05) is 6.92 Å². The normalized spacial score (nSPS) is 29.7. The highest BCUT2D eigenvalue weighted by Crippen LogP contribution is 2.33. The van der Waals surface area contributed by atoms with Crippen LogP contribution in [0.3, 0.4) is 0 Å². The smallest absolute Gasteiger partial charge is 0.237 e. The number of ether oxygens (including phenoxy) is 1. The number of nitrogens with one attached hydrogen (secondary N) is 1. The van der Waals surface area contributed by atoms with Crippen molar-refractivity contribution in [2.45, 2.75) is 50.7 Å². The molecule has 1 rings (SSSR count). The molecule has 0 aromatic rings. The standard InChI is InChI=1S/C13H27N3O2/c1-5-15-13(12(14)17)7-6-11(8-13)16(3)10(2)9-18-4/h10-11,15H,5-9H2,1-4H3,(H2,14,17). The molecule has 0 spiro atoms. The third-order valence-corrected chi connectivity index (χ3v) is 4.15. The lowest BCUT2D eigenvalue weighted by atomic mass is 9.96. The van der Waals surface area contributed by atoms with Gasteiger partial charge in [0.15, 0.2) is 0 Å². The van der Waals surface area contributed by atoms with Gasteiger partial charge in [0.25, 0.3) is 0 Å². The Bertz CT molecular complexity index is 285. The second-order valence-corrected chi connectivity index (χ2v) is 5.34. The second-order valence-electron chi connectivity index (χ2n) is 5.34. The van der Waals surface area contributed by atoms with Crippen molar-refractivity contribution in [3.05, 3.63) is 0 Å². The number of hydrogen-bond acceptors (Lipinski definition) is 4. The maximum Gasteiger partial charge on any atom is 0.237 e. The fraction of sp³-hybridized carbons (Fsp3) is 0.923. The van der Waals surface area contributed by atoms with Crippen LogP contribution < -0.4 is 11.1 Å². The summed E-state index contributed by atoms with van der Waals surface area (Å²) in [5, 5.41) is 3.28. The first-order chi connectivity index (χ1) is 8.46. The molecule has 106 valence electrons. The third-order valence-electron chi connectivity index (χ3n) is 4.15. The third kappa shape index (κ3) is 3.22. The number of amides is 1. The minimum absolute atomic E-state index is 0.223. The summed E-state index contributed by atoms with van der Waals surface area (Å²) >= 11 is 0. The van der Waals surface area contributed by atoms with Crippen molar-refractivity contribution in [1.29, 1.82) is 0 Å². The molecule has 0 heterocycles. The van der Waals surface area contributed by atoms with Crippen molar-refractivity contribution >= 4 is 5.91 Å². The molecular weight excluding hydrogens is 230 g/mol. The van der Waals surface area contributed by atoms with Crippen LogP contribution in [0.2, 0.25) is 0 Å². The van der Waals surface area contributed by atoms with Gasteiger partial charge < -0.3 is 15.8 Å². The first-order valence-corrected chi connectivity index (χ1v) is 6.72. The second kappa shape index (κ2) is 6.50. The average Bonchev–Trinajstić information content (AvgIpc) is 2.74. The Hall–Kier alpha value is -0.650. The van der Waals surface area contributed by atoms with Crippen LogP contribution in [0.25, 0.3) is 0 Å². The molecular formula is C13H27N3O2. The Morgan fingerprint density at radius 3 is 2.83 bits per heavy atom. The number of rotatable bonds is 7. The molecule has 18 heavy (non-hydrogen) atoms. The summed E-state index contributed by atoms with van der Waals surface area (Å²) in [5.74, 6) is -0.223. The van der Waals surface area contributed by atoms with Crippen molar-refractivity contribution in [2.75, 3.05) is 27.3 Å². The van der Waals surface area contributed by atoms with E-state index in [0.717, 1.165) is 25.8 Å². The lowest BCUT2D eigenvalue weighted by molar-refractivity contribution is -0.124. The highest BCUT2D eigenvalue weighted by molar-refractivity contribution is 5.85. The average molecular weight is 257 g/mol. The van der Waals surface area contributed by atoms with E-state index >= 15 is 0 Å². The number of carbonyl (C=O) groups is 1. The van der Waals surface area contributed by atoms with Crippen LogP contribution in [0.1, 0.15) is 33.1 Å². The lowest BCUT2D eigenvalue weighted by Crippen LogP contribution is -2.54. The van der Waals surface area contributed by atoms with Gasteiger partial charge in [0.05, 0.1) is 12.1 Å². The van der Waals surface area contributed by atoms with Crippen molar-refractivity contribution in [2.24, 2.45) is 5.73 Å². The molecule has 0 saturated heterocycles. The SMILES string of the molecule is CCNC1(C(N)=O)CCC(N(C)C(C)COC)C1. The number of methoxy groups -OCH3 is 1. The molecule has 1 amide bonds. The van der Waals surface area contributed by atoms with Gasteiger partial charge in [-0.2, -0.15) is 0 Å². The zero-order chi connectivity index (χ0) is 13.8. The largest absolute Gasteiger partial charge is 0.383 e. The van der Waals surface area contributed by atoms with Crippen molar-refractivity contribution in [1.82, 2.24) is 10.2 Å². The number of primary amides is 1. The van der Waals surface area contributed by atoms with Crippen molar-refractivity contribution < 1.29 is 9.53 Å². The molecule has 3 unspecified atom stereocenters. The Morgan fingerprint density at radius 2 is 2.33 bits per heavy atom. The fourth-order valence-electron chi connectivity index (χ4n) is 2.90. The number of nitrogens with zero attached hydrogens (tertiary/aromatic N) is 1. The zero-order valence-electron chi connectivity index (χ0n) is 12.0. The molecule has 1 aliphatic rings. The van der Waals surface area contributed by atoms with Crippen LogP contribution in [-0.4, -0.2) is 55.7 Å². The van der Waals surface area contributed by atoms with Gasteiger partial charge in [-0.05, 0) is 39.8 Å². The predicted molar refractivity (Wildman–Crippen MR) is 72.3 cm³/mol. The van der Waals surface area contributed by atoms with Crippen molar-refractivity contribution in [3.8, 4) is 0 Å². The van der Waals surface area contributed by atoms with Crippen LogP contribution in [0.15, 0.2) is 0 Å². The molecule has 1 fully saturated rings. The highest BCUT2D eigenvalue weighted by Gasteiger charge is 2.44. The Balaban J connectivity index is 2.65. The predicted octanol–water partition coefficient (Wildman–Crippen LogP) is 0.339. The van der Waals surface area contributed by atoms with Crippen LogP contribution in [0.5, 0.6) is 0 Å². The van der Waals surface area contributed by atoms with Crippen LogP contribution in [-0.2, 0) is 9.53 Å². The molecule has 0 radical (unpaired) electrons. The Labute approximate surface area is 110 Å². The number of hydrogen-bond donors (Lipinski definition) is 2. The van der Waals surface area contributed by atoms with Crippen LogP contribution in [0, 0.1) is 0 Å². The lowest BCUT2D eigenvalue weighted by Gasteiger charge is -2.32. The van der Waals surface area contributed by atoms with Crippen LogP contribution >= 0.6 is 0 Å². The minimum atomic E-state index is -0.513. The highest BCUT2D eigenvalue weighted by atomic mass is 16.5.